The van der Waals surface area contributed by atoms with Gasteiger partial charge in [-0.2, -0.15) is 0 Å². The molecule has 1 saturated carbocycles. The number of carbonyl (C=O) groups excluding carboxylic acids is 2. The molecule has 2 N–H and O–H groups in total. The van der Waals surface area contributed by atoms with Crippen LogP contribution >= 0.6 is 0 Å². The van der Waals surface area contributed by atoms with Crippen LogP contribution < -0.4 is 5.32 Å². The van der Waals surface area contributed by atoms with Crippen LogP contribution in [0.5, 0.6) is 0 Å². The Hall–Kier alpha value is -1.65. The fourth-order valence-corrected chi connectivity index (χ4v) is 4.22. The molecule has 5 heteroatoms. The van der Waals surface area contributed by atoms with E-state index in [1.54, 1.807) is 0 Å². The number of allylic oxidation sites excluding steroid dienone is 2. The molecule has 2 aliphatic rings. The molecule has 27 heavy (non-hydrogen) atoms. The summed E-state index contributed by atoms with van der Waals surface area (Å²) in [6, 6.07) is 0. The Morgan fingerprint density at radius 2 is 2.04 bits per heavy atom. The molecule has 5 nitrogen and oxygen atoms in total. The second-order valence-corrected chi connectivity index (χ2v) is 8.67. The van der Waals surface area contributed by atoms with E-state index in [0.29, 0.717) is 18.1 Å². The van der Waals surface area contributed by atoms with Gasteiger partial charge in [-0.1, -0.05) is 41.0 Å². The van der Waals surface area contributed by atoms with E-state index in [4.69, 9.17) is 5.41 Å². The van der Waals surface area contributed by atoms with Crippen LogP contribution in [0.3, 0.4) is 0 Å². The minimum Gasteiger partial charge on any atom is -0.379 e. The molecule has 3 atom stereocenters. The SMILES string of the molecule is CCC(C)CCN(C(=O)CNC1=C(C(=N)C=O)C(C)[C@H](C)C1)C1(CC)CC1. The second-order valence-electron chi connectivity index (χ2n) is 8.67. The van der Waals surface area contributed by atoms with E-state index < -0.39 is 0 Å². The molecule has 1 fully saturated rings. The van der Waals surface area contributed by atoms with Crippen molar-refractivity contribution < 1.29 is 9.59 Å². The number of hydrogen-bond donors (Lipinski definition) is 2. The van der Waals surface area contributed by atoms with Crippen molar-refractivity contribution in [3.63, 3.8) is 0 Å². The predicted octanol–water partition coefficient (Wildman–Crippen LogP) is 3.93. The molecule has 152 valence electrons. The van der Waals surface area contributed by atoms with E-state index in [2.05, 4.69) is 44.8 Å². The van der Waals surface area contributed by atoms with E-state index in [9.17, 15) is 9.59 Å². The summed E-state index contributed by atoms with van der Waals surface area (Å²) in [5, 5.41) is 11.3. The molecule has 2 rings (SSSR count). The Balaban J connectivity index is 2.07. The molecule has 0 aliphatic heterocycles. The Kier molecular flexibility index (Phi) is 7.24. The predicted molar refractivity (Wildman–Crippen MR) is 110 cm³/mol. The fourth-order valence-electron chi connectivity index (χ4n) is 4.22. The molecule has 0 heterocycles. The van der Waals surface area contributed by atoms with Gasteiger partial charge in [0.1, 0.15) is 0 Å². The summed E-state index contributed by atoms with van der Waals surface area (Å²) in [5.41, 5.74) is 1.80. The van der Waals surface area contributed by atoms with Gasteiger partial charge in [0.25, 0.3) is 0 Å². The Morgan fingerprint density at radius 3 is 2.56 bits per heavy atom. The topological polar surface area (TPSA) is 73.3 Å². The summed E-state index contributed by atoms with van der Waals surface area (Å²) in [5.74, 6) is 1.33. The standard InChI is InChI=1S/C22H37N3O2/c1-6-15(3)8-11-25(22(7-2)9-10-22)20(27)13-24-19-12-16(4)17(5)21(19)18(23)14-26/h14-17,23-24H,6-13H2,1-5H3/t15?,16-,17?/m1/s1. The molecule has 0 saturated heterocycles. The van der Waals surface area contributed by atoms with Gasteiger partial charge < -0.3 is 10.2 Å². The van der Waals surface area contributed by atoms with Crippen molar-refractivity contribution in [1.82, 2.24) is 10.2 Å². The molecular formula is C22H37N3O2. The molecule has 0 aromatic carbocycles. The number of amides is 1. The zero-order valence-corrected chi connectivity index (χ0v) is 17.7. The maximum atomic E-state index is 13.1. The average molecular weight is 376 g/mol. The molecule has 0 aromatic heterocycles. The fraction of sp³-hybridized carbons (Fsp3) is 0.773. The summed E-state index contributed by atoms with van der Waals surface area (Å²) in [4.78, 5) is 26.3. The van der Waals surface area contributed by atoms with Crippen LogP contribution in [0, 0.1) is 23.2 Å². The van der Waals surface area contributed by atoms with Gasteiger partial charge in [0.15, 0.2) is 6.29 Å². The van der Waals surface area contributed by atoms with E-state index in [-0.39, 0.29) is 29.6 Å². The summed E-state index contributed by atoms with van der Waals surface area (Å²) in [6.45, 7) is 11.9. The third kappa shape index (κ3) is 4.80. The molecule has 1 amide bonds. The van der Waals surface area contributed by atoms with Crippen molar-refractivity contribution in [2.24, 2.45) is 17.8 Å². The molecule has 0 bridgehead atoms. The first kappa shape index (κ1) is 21.6. The highest BCUT2D eigenvalue weighted by Crippen LogP contribution is 2.45. The normalized spacial score (nSPS) is 24.5. The van der Waals surface area contributed by atoms with Crippen LogP contribution in [-0.4, -0.2) is 41.4 Å². The average Bonchev–Trinajstić information content (AvgIpc) is 3.40. The number of hydrogen-bond acceptors (Lipinski definition) is 4. The van der Waals surface area contributed by atoms with Crippen LogP contribution in [0.1, 0.15) is 73.1 Å². The van der Waals surface area contributed by atoms with Gasteiger partial charge in [-0.05, 0) is 49.9 Å². The molecule has 2 aliphatic carbocycles. The number of rotatable bonds is 11. The van der Waals surface area contributed by atoms with Crippen molar-refractivity contribution in [2.75, 3.05) is 13.1 Å². The van der Waals surface area contributed by atoms with Gasteiger partial charge in [0.05, 0.1) is 12.3 Å². The van der Waals surface area contributed by atoms with Crippen molar-refractivity contribution in [2.45, 2.75) is 78.7 Å². The zero-order chi connectivity index (χ0) is 20.2. The summed E-state index contributed by atoms with van der Waals surface area (Å²) in [6.07, 6.45) is 6.81. The monoisotopic (exact) mass is 375 g/mol. The first-order chi connectivity index (χ1) is 12.8. The zero-order valence-electron chi connectivity index (χ0n) is 17.7. The minimum atomic E-state index is 0.0441. The van der Waals surface area contributed by atoms with E-state index in [1.165, 1.54) is 0 Å². The third-order valence-electron chi connectivity index (χ3n) is 6.92. The lowest BCUT2D eigenvalue weighted by molar-refractivity contribution is -0.133. The van der Waals surface area contributed by atoms with E-state index >= 15 is 0 Å². The quantitative estimate of drug-likeness (QED) is 0.424. The van der Waals surface area contributed by atoms with Gasteiger partial charge in [-0.3, -0.25) is 15.0 Å². The van der Waals surface area contributed by atoms with Crippen LogP contribution in [0.2, 0.25) is 0 Å². The number of nitrogens with zero attached hydrogens (tertiary/aromatic N) is 1. The first-order valence-corrected chi connectivity index (χ1v) is 10.6. The van der Waals surface area contributed by atoms with Gasteiger partial charge in [0.2, 0.25) is 5.91 Å². The minimum absolute atomic E-state index is 0.0441. The second kappa shape index (κ2) is 9.03. The van der Waals surface area contributed by atoms with Gasteiger partial charge in [-0.25, -0.2) is 0 Å². The van der Waals surface area contributed by atoms with Crippen molar-refractivity contribution in [3.8, 4) is 0 Å². The lowest BCUT2D eigenvalue weighted by Gasteiger charge is -2.33. The van der Waals surface area contributed by atoms with Crippen LogP contribution in [-0.2, 0) is 9.59 Å². The lowest BCUT2D eigenvalue weighted by atomic mass is 9.93. The lowest BCUT2D eigenvalue weighted by Crippen LogP contribution is -2.46. The maximum absolute atomic E-state index is 13.1. The van der Waals surface area contributed by atoms with Crippen LogP contribution in [0.25, 0.3) is 0 Å². The highest BCUT2D eigenvalue weighted by atomic mass is 16.2. The highest BCUT2D eigenvalue weighted by molar-refractivity contribution is 6.35. The number of carbonyl (C=O) groups is 2. The highest BCUT2D eigenvalue weighted by Gasteiger charge is 2.48. The Bertz CT molecular complexity index is 607. The first-order valence-electron chi connectivity index (χ1n) is 10.6. The maximum Gasteiger partial charge on any atom is 0.242 e. The molecular weight excluding hydrogens is 338 g/mol. The summed E-state index contributed by atoms with van der Waals surface area (Å²) in [7, 11) is 0. The van der Waals surface area contributed by atoms with Gasteiger partial charge in [-0.15, -0.1) is 0 Å². The molecule has 2 unspecified atom stereocenters. The molecule has 0 radical (unpaired) electrons. The third-order valence-corrected chi connectivity index (χ3v) is 6.92. The smallest absolute Gasteiger partial charge is 0.242 e. The number of nitrogens with one attached hydrogen (secondary N) is 2. The van der Waals surface area contributed by atoms with Crippen molar-refractivity contribution in [1.29, 1.82) is 5.41 Å². The van der Waals surface area contributed by atoms with Gasteiger partial charge >= 0.3 is 0 Å². The number of aldehydes is 1. The summed E-state index contributed by atoms with van der Waals surface area (Å²) >= 11 is 0. The van der Waals surface area contributed by atoms with Crippen molar-refractivity contribution in [3.05, 3.63) is 11.3 Å². The van der Waals surface area contributed by atoms with Crippen LogP contribution in [0.15, 0.2) is 11.3 Å². The Labute approximate surface area is 164 Å². The van der Waals surface area contributed by atoms with Crippen LogP contribution in [0.4, 0.5) is 0 Å². The summed E-state index contributed by atoms with van der Waals surface area (Å²) < 4.78 is 0. The molecule has 0 spiro atoms. The van der Waals surface area contributed by atoms with Gasteiger partial charge in [0, 0.05) is 23.4 Å². The molecule has 0 aromatic rings. The van der Waals surface area contributed by atoms with E-state index in [1.807, 2.05) is 0 Å². The largest absolute Gasteiger partial charge is 0.379 e. The Morgan fingerprint density at radius 1 is 1.37 bits per heavy atom. The van der Waals surface area contributed by atoms with E-state index in [0.717, 1.165) is 56.3 Å². The van der Waals surface area contributed by atoms with Crippen molar-refractivity contribution >= 4 is 17.9 Å².